The zero-order chi connectivity index (χ0) is 26.5. The average Bonchev–Trinajstić information content (AvgIpc) is 3.38. The number of anilines is 1. The van der Waals surface area contributed by atoms with Gasteiger partial charge in [-0.25, -0.2) is 4.39 Å². The summed E-state index contributed by atoms with van der Waals surface area (Å²) in [5, 5.41) is 23.5. The van der Waals surface area contributed by atoms with E-state index in [1.165, 1.54) is 6.07 Å². The molecule has 9 nitrogen and oxygen atoms in total. The SMILES string of the molecule is CC(C)c1noc(N2CCC(CCCOc3ccc(C(C)C=O)c(F)c3)CC2)n1.CNCC(O)CO. The van der Waals surface area contributed by atoms with Crippen LogP contribution in [0.1, 0.15) is 69.7 Å². The Bertz CT molecular complexity index is 902. The smallest absolute Gasteiger partial charge is 0.324 e. The number of hydrogen-bond donors (Lipinski definition) is 3. The molecule has 2 aromatic rings. The number of likely N-dealkylation sites (N-methyl/N-ethyl adjacent to an activating group) is 1. The molecule has 0 saturated carbocycles. The Morgan fingerprint density at radius 1 is 1.31 bits per heavy atom. The largest absolute Gasteiger partial charge is 0.493 e. The minimum absolute atomic E-state index is 0.166. The molecule has 2 heterocycles. The highest BCUT2D eigenvalue weighted by molar-refractivity contribution is 5.61. The number of hydrogen-bond acceptors (Lipinski definition) is 9. The van der Waals surface area contributed by atoms with Gasteiger partial charge in [-0.3, -0.25) is 0 Å². The maximum absolute atomic E-state index is 14.0. The van der Waals surface area contributed by atoms with Crippen molar-refractivity contribution in [3.63, 3.8) is 0 Å². The molecule has 10 heteroatoms. The van der Waals surface area contributed by atoms with Crippen molar-refractivity contribution < 1.29 is 28.7 Å². The molecule has 1 aliphatic rings. The molecular weight excluding hydrogens is 467 g/mol. The van der Waals surface area contributed by atoms with Crippen LogP contribution in [0.25, 0.3) is 0 Å². The van der Waals surface area contributed by atoms with E-state index in [1.807, 2.05) is 0 Å². The van der Waals surface area contributed by atoms with Crippen molar-refractivity contribution in [3.05, 3.63) is 35.4 Å². The lowest BCUT2D eigenvalue weighted by Crippen LogP contribution is -2.34. The zero-order valence-electron chi connectivity index (χ0n) is 21.8. The van der Waals surface area contributed by atoms with Crippen LogP contribution in [0.15, 0.2) is 22.7 Å². The first-order valence-corrected chi connectivity index (χ1v) is 12.7. The number of aromatic nitrogens is 2. The minimum atomic E-state index is -0.606. The Kier molecular flexibility index (Phi) is 12.8. The van der Waals surface area contributed by atoms with E-state index in [9.17, 15) is 9.18 Å². The van der Waals surface area contributed by atoms with Crippen molar-refractivity contribution in [2.45, 2.75) is 64.4 Å². The molecule has 2 atom stereocenters. The minimum Gasteiger partial charge on any atom is -0.493 e. The van der Waals surface area contributed by atoms with Crippen LogP contribution in [0.3, 0.4) is 0 Å². The molecular formula is C26H41FN4O5. The number of piperidine rings is 1. The lowest BCUT2D eigenvalue weighted by molar-refractivity contribution is -0.108. The van der Waals surface area contributed by atoms with Crippen molar-refractivity contribution in [2.24, 2.45) is 5.92 Å². The van der Waals surface area contributed by atoms with Gasteiger partial charge in [-0.05, 0) is 50.3 Å². The maximum atomic E-state index is 14.0. The van der Waals surface area contributed by atoms with E-state index in [4.69, 9.17) is 19.5 Å². The summed E-state index contributed by atoms with van der Waals surface area (Å²) in [5.74, 6) is 1.34. The molecule has 36 heavy (non-hydrogen) atoms. The van der Waals surface area contributed by atoms with Gasteiger partial charge in [0.05, 0.1) is 19.3 Å². The normalized spacial score (nSPS) is 15.8. The number of nitrogens with one attached hydrogen (secondary N) is 1. The molecule has 3 N–H and O–H groups in total. The zero-order valence-corrected chi connectivity index (χ0v) is 21.8. The molecule has 2 unspecified atom stereocenters. The van der Waals surface area contributed by atoms with Gasteiger partial charge in [-0.1, -0.05) is 32.0 Å². The van der Waals surface area contributed by atoms with Gasteiger partial charge in [0.2, 0.25) is 0 Å². The molecule has 1 aromatic carbocycles. The van der Waals surface area contributed by atoms with Crippen LogP contribution in [-0.2, 0) is 4.79 Å². The molecule has 202 valence electrons. The molecule has 0 radical (unpaired) electrons. The molecule has 0 spiro atoms. The number of rotatable bonds is 12. The van der Waals surface area contributed by atoms with Crippen LogP contribution >= 0.6 is 0 Å². The average molecular weight is 509 g/mol. The summed E-state index contributed by atoms with van der Waals surface area (Å²) >= 11 is 0. The van der Waals surface area contributed by atoms with E-state index in [0.717, 1.165) is 50.9 Å². The van der Waals surface area contributed by atoms with Crippen LogP contribution < -0.4 is 15.0 Å². The number of carbonyl (C=O) groups is 1. The van der Waals surface area contributed by atoms with E-state index >= 15 is 0 Å². The van der Waals surface area contributed by atoms with E-state index in [-0.39, 0.29) is 12.5 Å². The summed E-state index contributed by atoms with van der Waals surface area (Å²) in [6.45, 7) is 8.48. The first-order valence-electron chi connectivity index (χ1n) is 12.7. The van der Waals surface area contributed by atoms with Crippen molar-refractivity contribution in [3.8, 4) is 5.75 Å². The number of halogens is 1. The standard InChI is InChI=1S/C22H30FN3O3.C4H11NO2/c1-15(2)21-24-22(29-25-21)26-10-8-17(9-11-26)5-4-12-28-18-6-7-19(16(3)14-27)20(23)13-18;1-5-2-4(7)3-6/h6-7,13-17H,4-5,8-12H2,1-3H3;4-7H,2-3H2,1H3. The number of nitrogens with zero attached hydrogens (tertiary/aromatic N) is 3. The van der Waals surface area contributed by atoms with Crippen LogP contribution in [0.4, 0.5) is 10.4 Å². The van der Waals surface area contributed by atoms with Crippen LogP contribution in [0.5, 0.6) is 5.75 Å². The third kappa shape index (κ3) is 9.48. The second-order valence-electron chi connectivity index (χ2n) is 9.51. The predicted molar refractivity (Wildman–Crippen MR) is 136 cm³/mol. The molecule has 1 aliphatic heterocycles. The number of aliphatic hydroxyl groups is 2. The molecule has 1 saturated heterocycles. The predicted octanol–water partition coefficient (Wildman–Crippen LogP) is 3.27. The quantitative estimate of drug-likeness (QED) is 0.293. The number of benzene rings is 1. The van der Waals surface area contributed by atoms with Gasteiger partial charge in [-0.15, -0.1) is 0 Å². The van der Waals surface area contributed by atoms with Crippen LogP contribution in [-0.4, -0.2) is 72.6 Å². The highest BCUT2D eigenvalue weighted by Gasteiger charge is 2.23. The Hall–Kier alpha value is -2.56. The summed E-state index contributed by atoms with van der Waals surface area (Å²) < 4.78 is 25.1. The van der Waals surface area contributed by atoms with Gasteiger partial charge >= 0.3 is 6.01 Å². The summed E-state index contributed by atoms with van der Waals surface area (Å²) in [4.78, 5) is 17.5. The van der Waals surface area contributed by atoms with Crippen molar-refractivity contribution >= 4 is 12.3 Å². The first-order chi connectivity index (χ1) is 17.3. The monoisotopic (exact) mass is 508 g/mol. The van der Waals surface area contributed by atoms with Gasteiger partial charge in [0.1, 0.15) is 17.9 Å². The van der Waals surface area contributed by atoms with Gasteiger partial charge in [0.15, 0.2) is 5.82 Å². The van der Waals surface area contributed by atoms with Gasteiger partial charge in [0.25, 0.3) is 0 Å². The number of ether oxygens (including phenoxy) is 1. The molecule has 0 bridgehead atoms. The van der Waals surface area contributed by atoms with Crippen molar-refractivity contribution in [1.29, 1.82) is 0 Å². The lowest BCUT2D eigenvalue weighted by Gasteiger charge is -2.30. The molecule has 0 amide bonds. The highest BCUT2D eigenvalue weighted by Crippen LogP contribution is 2.27. The van der Waals surface area contributed by atoms with Crippen molar-refractivity contribution in [1.82, 2.24) is 15.5 Å². The summed E-state index contributed by atoms with van der Waals surface area (Å²) in [5.41, 5.74) is 0.404. The third-order valence-electron chi connectivity index (χ3n) is 6.18. The number of aliphatic hydroxyl groups excluding tert-OH is 2. The fourth-order valence-electron chi connectivity index (χ4n) is 3.90. The number of carbonyl (C=O) groups excluding carboxylic acids is 1. The Morgan fingerprint density at radius 2 is 2.03 bits per heavy atom. The van der Waals surface area contributed by atoms with Gasteiger partial charge in [-0.2, -0.15) is 4.98 Å². The highest BCUT2D eigenvalue weighted by atomic mass is 19.1. The second kappa shape index (κ2) is 15.5. The Morgan fingerprint density at radius 3 is 2.56 bits per heavy atom. The van der Waals surface area contributed by atoms with Crippen LogP contribution in [0.2, 0.25) is 0 Å². The third-order valence-corrected chi connectivity index (χ3v) is 6.18. The van der Waals surface area contributed by atoms with E-state index in [0.29, 0.717) is 36.4 Å². The lowest BCUT2D eigenvalue weighted by atomic mass is 9.92. The summed E-state index contributed by atoms with van der Waals surface area (Å²) in [6.07, 6.45) is 4.32. The van der Waals surface area contributed by atoms with Gasteiger partial charge in [0, 0.05) is 37.5 Å². The second-order valence-corrected chi connectivity index (χ2v) is 9.51. The Labute approximate surface area is 213 Å². The maximum Gasteiger partial charge on any atom is 0.324 e. The van der Waals surface area contributed by atoms with Crippen molar-refractivity contribution in [2.75, 3.05) is 44.8 Å². The van der Waals surface area contributed by atoms with Crippen LogP contribution in [0, 0.1) is 11.7 Å². The topological polar surface area (TPSA) is 121 Å². The van der Waals surface area contributed by atoms with E-state index < -0.39 is 17.8 Å². The fraction of sp³-hybridized carbons (Fsp3) is 0.654. The Balaban J connectivity index is 0.000000572. The summed E-state index contributed by atoms with van der Waals surface area (Å²) in [7, 11) is 1.72. The van der Waals surface area contributed by atoms with E-state index in [1.54, 1.807) is 26.1 Å². The fourth-order valence-corrected chi connectivity index (χ4v) is 3.90. The van der Waals surface area contributed by atoms with Gasteiger partial charge < -0.3 is 34.5 Å². The molecule has 1 aromatic heterocycles. The first kappa shape index (κ1) is 29.7. The number of aldehydes is 1. The summed E-state index contributed by atoms with van der Waals surface area (Å²) in [6, 6.07) is 5.35. The molecule has 1 fully saturated rings. The van der Waals surface area contributed by atoms with E-state index in [2.05, 4.69) is 34.2 Å². The molecule has 3 rings (SSSR count). The molecule has 0 aliphatic carbocycles.